The van der Waals surface area contributed by atoms with Crippen molar-refractivity contribution in [1.29, 1.82) is 0 Å². The van der Waals surface area contributed by atoms with Gasteiger partial charge in [0.05, 0.1) is 6.54 Å². The van der Waals surface area contributed by atoms with Crippen molar-refractivity contribution < 1.29 is 22.6 Å². The molecule has 0 aliphatic heterocycles. The van der Waals surface area contributed by atoms with E-state index in [-0.39, 0.29) is 24.6 Å². The van der Waals surface area contributed by atoms with E-state index in [1.165, 1.54) is 33.3 Å². The summed E-state index contributed by atoms with van der Waals surface area (Å²) in [5.41, 5.74) is 3.46. The van der Waals surface area contributed by atoms with Crippen LogP contribution in [0.25, 0.3) is 16.8 Å². The van der Waals surface area contributed by atoms with Crippen LogP contribution in [0.1, 0.15) is 11.1 Å². The molecular weight excluding hydrogens is 423 g/mol. The second-order valence-corrected chi connectivity index (χ2v) is 7.29. The molecule has 0 saturated heterocycles. The number of hydrogen-bond acceptors (Lipinski definition) is 4. The summed E-state index contributed by atoms with van der Waals surface area (Å²) in [6.45, 7) is 4.47. The molecular formula is C23H20F3N3O3. The third-order valence-corrected chi connectivity index (χ3v) is 4.96. The van der Waals surface area contributed by atoms with Crippen molar-refractivity contribution in [2.24, 2.45) is 0 Å². The highest BCUT2D eigenvalue weighted by Crippen LogP contribution is 2.26. The van der Waals surface area contributed by atoms with E-state index in [0.29, 0.717) is 16.8 Å². The van der Waals surface area contributed by atoms with Crippen molar-refractivity contribution in [2.45, 2.75) is 26.8 Å². The van der Waals surface area contributed by atoms with E-state index in [2.05, 4.69) is 9.84 Å². The number of hydrogen-bond donors (Lipinski definition) is 0. The van der Waals surface area contributed by atoms with Gasteiger partial charge in [0.15, 0.2) is 5.65 Å². The zero-order valence-electron chi connectivity index (χ0n) is 17.4. The van der Waals surface area contributed by atoms with Crippen LogP contribution in [0.3, 0.4) is 0 Å². The second-order valence-electron chi connectivity index (χ2n) is 7.29. The summed E-state index contributed by atoms with van der Waals surface area (Å²) in [5, 5.41) is 4.32. The Kier molecular flexibility index (Phi) is 5.65. The quantitative estimate of drug-likeness (QED) is 0.431. The van der Waals surface area contributed by atoms with Crippen LogP contribution in [0.5, 0.6) is 11.5 Å². The number of pyridine rings is 1. The van der Waals surface area contributed by atoms with Crippen LogP contribution >= 0.6 is 0 Å². The van der Waals surface area contributed by atoms with Crippen LogP contribution in [0.15, 0.2) is 65.6 Å². The molecule has 0 unspecified atom stereocenters. The van der Waals surface area contributed by atoms with Gasteiger partial charge in [-0.25, -0.2) is 13.9 Å². The highest BCUT2D eigenvalue weighted by atomic mass is 19.4. The van der Waals surface area contributed by atoms with Crippen molar-refractivity contribution in [1.82, 2.24) is 14.2 Å². The predicted molar refractivity (Wildman–Crippen MR) is 113 cm³/mol. The van der Waals surface area contributed by atoms with Crippen molar-refractivity contribution in [2.75, 3.05) is 6.61 Å². The van der Waals surface area contributed by atoms with E-state index in [0.717, 1.165) is 16.9 Å². The lowest BCUT2D eigenvalue weighted by atomic mass is 10.1. The topological polar surface area (TPSA) is 57.8 Å². The number of halogens is 3. The van der Waals surface area contributed by atoms with E-state index in [4.69, 9.17) is 4.74 Å². The molecule has 0 fully saturated rings. The fourth-order valence-corrected chi connectivity index (χ4v) is 3.44. The molecule has 0 aliphatic carbocycles. The molecule has 4 rings (SSSR count). The monoisotopic (exact) mass is 443 g/mol. The van der Waals surface area contributed by atoms with Crippen LogP contribution in [-0.2, 0) is 6.54 Å². The van der Waals surface area contributed by atoms with Gasteiger partial charge < -0.3 is 9.47 Å². The van der Waals surface area contributed by atoms with Gasteiger partial charge in [-0.1, -0.05) is 30.3 Å². The number of ether oxygens (including phenoxy) is 2. The molecule has 166 valence electrons. The van der Waals surface area contributed by atoms with E-state index < -0.39 is 6.36 Å². The van der Waals surface area contributed by atoms with E-state index in [1.54, 1.807) is 18.3 Å². The summed E-state index contributed by atoms with van der Waals surface area (Å²) in [4.78, 5) is 12.8. The Morgan fingerprint density at radius 1 is 0.938 bits per heavy atom. The van der Waals surface area contributed by atoms with Gasteiger partial charge in [-0.3, -0.25) is 0 Å². The van der Waals surface area contributed by atoms with Gasteiger partial charge in [-0.2, -0.15) is 0 Å². The number of fused-ring (bicyclic) bond motifs is 1. The van der Waals surface area contributed by atoms with Crippen LogP contribution < -0.4 is 15.2 Å². The van der Waals surface area contributed by atoms with Crippen LogP contribution in [0.2, 0.25) is 0 Å². The maximum absolute atomic E-state index is 12.8. The summed E-state index contributed by atoms with van der Waals surface area (Å²) >= 11 is 0. The van der Waals surface area contributed by atoms with Gasteiger partial charge >= 0.3 is 12.1 Å². The van der Waals surface area contributed by atoms with Gasteiger partial charge in [0.2, 0.25) is 0 Å². The Labute approximate surface area is 181 Å². The fraction of sp³-hybridized carbons (Fsp3) is 0.217. The first-order valence-electron chi connectivity index (χ1n) is 9.86. The molecule has 0 aliphatic rings. The molecule has 0 amide bonds. The van der Waals surface area contributed by atoms with Gasteiger partial charge in [0.25, 0.3) is 0 Å². The first-order valence-corrected chi connectivity index (χ1v) is 9.86. The first-order chi connectivity index (χ1) is 15.2. The first kappa shape index (κ1) is 21.5. The van der Waals surface area contributed by atoms with Gasteiger partial charge in [0, 0.05) is 6.20 Å². The zero-order valence-corrected chi connectivity index (χ0v) is 17.4. The molecule has 2 aromatic carbocycles. The summed E-state index contributed by atoms with van der Waals surface area (Å²) < 4.78 is 49.5. The molecule has 4 aromatic rings. The van der Waals surface area contributed by atoms with Crippen molar-refractivity contribution in [3.63, 3.8) is 0 Å². The van der Waals surface area contributed by atoms with Gasteiger partial charge in [-0.15, -0.1) is 18.3 Å². The van der Waals surface area contributed by atoms with Crippen LogP contribution in [0.4, 0.5) is 13.2 Å². The minimum absolute atomic E-state index is 0.271. The Balaban J connectivity index is 1.52. The molecule has 9 heteroatoms. The largest absolute Gasteiger partial charge is 0.573 e. The van der Waals surface area contributed by atoms with Crippen molar-refractivity contribution in [3.05, 3.63) is 82.4 Å². The molecule has 32 heavy (non-hydrogen) atoms. The van der Waals surface area contributed by atoms with E-state index >= 15 is 0 Å². The third kappa shape index (κ3) is 4.61. The average molecular weight is 443 g/mol. The lowest BCUT2D eigenvalue weighted by molar-refractivity contribution is -0.274. The van der Waals surface area contributed by atoms with E-state index in [1.807, 2.05) is 32.0 Å². The minimum Gasteiger partial charge on any atom is -0.491 e. The van der Waals surface area contributed by atoms with Crippen molar-refractivity contribution >= 4 is 5.65 Å². The number of aromatic nitrogens is 3. The number of aryl methyl sites for hydroxylation is 2. The summed E-state index contributed by atoms with van der Waals surface area (Å²) in [6.07, 6.45) is -3.14. The number of benzene rings is 2. The minimum atomic E-state index is -4.75. The average Bonchev–Trinajstić information content (AvgIpc) is 3.05. The standard InChI is InChI=1S/C23H20F3N3O3/c1-15-4-3-5-16(2)21(15)31-13-12-29-22(30)28-14-18(8-11-20(28)27-29)17-6-9-19(10-7-17)32-23(24,25)26/h3-11,14H,12-13H2,1-2H3. The molecule has 2 aromatic heterocycles. The molecule has 2 heterocycles. The van der Waals surface area contributed by atoms with Crippen molar-refractivity contribution in [3.8, 4) is 22.6 Å². The lowest BCUT2D eigenvalue weighted by Crippen LogP contribution is -2.24. The number of nitrogens with zero attached hydrogens (tertiary/aromatic N) is 3. The third-order valence-electron chi connectivity index (χ3n) is 4.96. The summed E-state index contributed by atoms with van der Waals surface area (Å²) in [7, 11) is 0. The van der Waals surface area contributed by atoms with Gasteiger partial charge in [-0.05, 0) is 60.4 Å². The molecule has 0 spiro atoms. The van der Waals surface area contributed by atoms with Gasteiger partial charge in [0.1, 0.15) is 18.1 Å². The smallest absolute Gasteiger partial charge is 0.491 e. The molecule has 0 radical (unpaired) electrons. The second kappa shape index (κ2) is 8.41. The van der Waals surface area contributed by atoms with E-state index in [9.17, 15) is 18.0 Å². The fourth-order valence-electron chi connectivity index (χ4n) is 3.44. The van der Waals surface area contributed by atoms with Crippen LogP contribution in [0, 0.1) is 13.8 Å². The number of alkyl halides is 3. The number of rotatable bonds is 6. The lowest BCUT2D eigenvalue weighted by Gasteiger charge is -2.11. The number of para-hydroxylation sites is 1. The highest BCUT2D eigenvalue weighted by molar-refractivity contribution is 5.65. The Bertz CT molecular complexity index is 1290. The molecule has 0 bridgehead atoms. The molecule has 6 nitrogen and oxygen atoms in total. The molecule has 0 atom stereocenters. The predicted octanol–water partition coefficient (Wildman–Crippen LogP) is 4.76. The maximum Gasteiger partial charge on any atom is 0.573 e. The molecule has 0 saturated carbocycles. The highest BCUT2D eigenvalue weighted by Gasteiger charge is 2.30. The normalized spacial score (nSPS) is 11.7. The SMILES string of the molecule is Cc1cccc(C)c1OCCn1nc2ccc(-c3ccc(OC(F)(F)F)cc3)cn2c1=O. The Morgan fingerprint density at radius 2 is 1.59 bits per heavy atom. The maximum atomic E-state index is 12.8. The zero-order chi connectivity index (χ0) is 22.9. The molecule has 0 N–H and O–H groups in total. The Morgan fingerprint density at radius 3 is 2.25 bits per heavy atom. The summed E-state index contributed by atoms with van der Waals surface area (Å²) in [6, 6.07) is 14.8. The Hall–Kier alpha value is -3.75. The van der Waals surface area contributed by atoms with Crippen LogP contribution in [-0.4, -0.2) is 27.2 Å². The summed E-state index contributed by atoms with van der Waals surface area (Å²) in [5.74, 6) is 0.487.